The Morgan fingerprint density at radius 3 is 2.50 bits per heavy atom. The molecular weight excluding hydrogens is 134 g/mol. The van der Waals surface area contributed by atoms with E-state index in [-0.39, 0.29) is 0 Å². The minimum Gasteiger partial charge on any atom is -0.388 e. The monoisotopic (exact) mass is 149 g/mol. The summed E-state index contributed by atoms with van der Waals surface area (Å²) in [6, 6.07) is 0. The summed E-state index contributed by atoms with van der Waals surface area (Å²) < 4.78 is 9.79. The SMILES string of the molecule is CO[C@H](OCCN)[C@H](C)O. The maximum absolute atomic E-state index is 8.95. The molecule has 4 heteroatoms. The minimum atomic E-state index is -0.614. The van der Waals surface area contributed by atoms with Crippen LogP contribution in [0.25, 0.3) is 0 Å². The summed E-state index contributed by atoms with van der Waals surface area (Å²) >= 11 is 0. The fourth-order valence-electron chi connectivity index (χ4n) is 0.588. The van der Waals surface area contributed by atoms with E-state index in [9.17, 15) is 0 Å². The maximum Gasteiger partial charge on any atom is 0.182 e. The Kier molecular flexibility index (Phi) is 5.52. The van der Waals surface area contributed by atoms with Crippen molar-refractivity contribution in [3.05, 3.63) is 0 Å². The molecule has 0 aliphatic rings. The number of hydrogen-bond donors (Lipinski definition) is 2. The molecule has 62 valence electrons. The van der Waals surface area contributed by atoms with Gasteiger partial charge in [-0.05, 0) is 6.92 Å². The van der Waals surface area contributed by atoms with Crippen LogP contribution in [-0.4, -0.2) is 37.8 Å². The van der Waals surface area contributed by atoms with Gasteiger partial charge in [-0.3, -0.25) is 0 Å². The van der Waals surface area contributed by atoms with E-state index < -0.39 is 12.4 Å². The zero-order valence-corrected chi connectivity index (χ0v) is 6.41. The molecule has 0 aromatic heterocycles. The molecule has 0 amide bonds. The van der Waals surface area contributed by atoms with Crippen molar-refractivity contribution in [2.24, 2.45) is 5.73 Å². The number of hydrogen-bond acceptors (Lipinski definition) is 4. The van der Waals surface area contributed by atoms with E-state index in [2.05, 4.69) is 0 Å². The minimum absolute atomic E-state index is 0.406. The first-order valence-electron chi connectivity index (χ1n) is 3.25. The van der Waals surface area contributed by atoms with Gasteiger partial charge in [-0.2, -0.15) is 0 Å². The molecule has 4 nitrogen and oxygen atoms in total. The molecule has 0 aromatic carbocycles. The van der Waals surface area contributed by atoms with Gasteiger partial charge < -0.3 is 20.3 Å². The fraction of sp³-hybridized carbons (Fsp3) is 1.00. The standard InChI is InChI=1S/C6H15NO3/c1-5(8)6(9-2)10-4-3-7/h5-6,8H,3-4,7H2,1-2H3/t5-,6+/m0/s1. The Bertz CT molecular complexity index is 77.4. The third-order valence-electron chi connectivity index (χ3n) is 1.03. The Morgan fingerprint density at radius 2 is 2.20 bits per heavy atom. The van der Waals surface area contributed by atoms with Gasteiger partial charge in [0.05, 0.1) is 6.61 Å². The van der Waals surface area contributed by atoms with Crippen molar-refractivity contribution >= 4 is 0 Å². The van der Waals surface area contributed by atoms with Crippen molar-refractivity contribution in [1.29, 1.82) is 0 Å². The predicted molar refractivity (Wildman–Crippen MR) is 37.5 cm³/mol. The molecule has 0 rings (SSSR count). The second-order valence-electron chi connectivity index (χ2n) is 2.00. The Labute approximate surface area is 60.9 Å². The smallest absolute Gasteiger partial charge is 0.182 e. The van der Waals surface area contributed by atoms with Gasteiger partial charge in [0, 0.05) is 13.7 Å². The average Bonchev–Trinajstić information content (AvgIpc) is 1.89. The van der Waals surface area contributed by atoms with E-state index in [1.807, 2.05) is 0 Å². The lowest BCUT2D eigenvalue weighted by Gasteiger charge is -2.17. The highest BCUT2D eigenvalue weighted by Gasteiger charge is 2.12. The van der Waals surface area contributed by atoms with E-state index in [1.165, 1.54) is 7.11 Å². The first-order valence-corrected chi connectivity index (χ1v) is 3.25. The van der Waals surface area contributed by atoms with Crippen LogP contribution in [0.1, 0.15) is 6.92 Å². The first-order chi connectivity index (χ1) is 4.72. The van der Waals surface area contributed by atoms with Crippen LogP contribution in [0, 0.1) is 0 Å². The molecule has 10 heavy (non-hydrogen) atoms. The molecular formula is C6H15NO3. The van der Waals surface area contributed by atoms with Crippen molar-refractivity contribution in [3.63, 3.8) is 0 Å². The normalized spacial score (nSPS) is 16.8. The maximum atomic E-state index is 8.95. The van der Waals surface area contributed by atoms with Crippen molar-refractivity contribution in [3.8, 4) is 0 Å². The Balaban J connectivity index is 3.40. The predicted octanol–water partition coefficient (Wildman–Crippen LogP) is -0.685. The summed E-state index contributed by atoms with van der Waals surface area (Å²) in [4.78, 5) is 0. The third kappa shape index (κ3) is 3.79. The molecule has 0 spiro atoms. The van der Waals surface area contributed by atoms with Crippen LogP contribution < -0.4 is 5.73 Å². The van der Waals surface area contributed by atoms with Gasteiger partial charge in [0.1, 0.15) is 6.10 Å². The zero-order chi connectivity index (χ0) is 7.98. The number of methoxy groups -OCH3 is 1. The molecule has 2 atom stereocenters. The molecule has 0 unspecified atom stereocenters. The number of rotatable bonds is 5. The van der Waals surface area contributed by atoms with Crippen molar-refractivity contribution in [2.45, 2.75) is 19.3 Å². The van der Waals surface area contributed by atoms with E-state index in [4.69, 9.17) is 20.3 Å². The van der Waals surface area contributed by atoms with Crippen LogP contribution in [0.15, 0.2) is 0 Å². The van der Waals surface area contributed by atoms with Gasteiger partial charge in [0.25, 0.3) is 0 Å². The number of aliphatic hydroxyl groups is 1. The molecule has 0 aliphatic carbocycles. The van der Waals surface area contributed by atoms with Crippen LogP contribution in [0.5, 0.6) is 0 Å². The van der Waals surface area contributed by atoms with E-state index >= 15 is 0 Å². The van der Waals surface area contributed by atoms with E-state index in [0.717, 1.165) is 0 Å². The molecule has 0 aromatic rings. The van der Waals surface area contributed by atoms with Gasteiger partial charge in [0.15, 0.2) is 6.29 Å². The van der Waals surface area contributed by atoms with Crippen molar-refractivity contribution < 1.29 is 14.6 Å². The lowest BCUT2D eigenvalue weighted by Crippen LogP contribution is -2.30. The van der Waals surface area contributed by atoms with Gasteiger partial charge >= 0.3 is 0 Å². The fourth-order valence-corrected chi connectivity index (χ4v) is 0.588. The highest BCUT2D eigenvalue weighted by molar-refractivity contribution is 4.51. The second-order valence-corrected chi connectivity index (χ2v) is 2.00. The molecule has 0 saturated heterocycles. The molecule has 0 radical (unpaired) electrons. The first kappa shape index (κ1) is 9.84. The van der Waals surface area contributed by atoms with Crippen LogP contribution in [0.3, 0.4) is 0 Å². The average molecular weight is 149 g/mol. The van der Waals surface area contributed by atoms with Gasteiger partial charge in [0.2, 0.25) is 0 Å². The highest BCUT2D eigenvalue weighted by Crippen LogP contribution is 1.98. The number of ether oxygens (including phenoxy) is 2. The molecule has 0 bridgehead atoms. The Morgan fingerprint density at radius 1 is 1.60 bits per heavy atom. The summed E-state index contributed by atoms with van der Waals surface area (Å²) in [5.41, 5.74) is 5.17. The lowest BCUT2D eigenvalue weighted by atomic mass is 10.4. The summed E-state index contributed by atoms with van der Waals surface area (Å²) in [5.74, 6) is 0. The van der Waals surface area contributed by atoms with Crippen LogP contribution in [-0.2, 0) is 9.47 Å². The lowest BCUT2D eigenvalue weighted by molar-refractivity contribution is -0.172. The van der Waals surface area contributed by atoms with E-state index in [0.29, 0.717) is 13.2 Å². The van der Waals surface area contributed by atoms with Crippen LogP contribution in [0.2, 0.25) is 0 Å². The highest BCUT2D eigenvalue weighted by atomic mass is 16.7. The van der Waals surface area contributed by atoms with Crippen LogP contribution in [0.4, 0.5) is 0 Å². The third-order valence-corrected chi connectivity index (χ3v) is 1.03. The topological polar surface area (TPSA) is 64.7 Å². The summed E-state index contributed by atoms with van der Waals surface area (Å²) in [6.45, 7) is 2.45. The zero-order valence-electron chi connectivity index (χ0n) is 6.41. The number of aliphatic hydroxyl groups excluding tert-OH is 1. The number of nitrogens with two attached hydrogens (primary N) is 1. The largest absolute Gasteiger partial charge is 0.388 e. The summed E-state index contributed by atoms with van der Waals surface area (Å²) in [6.07, 6.45) is -1.17. The molecule has 0 fully saturated rings. The second kappa shape index (κ2) is 5.61. The molecule has 0 heterocycles. The molecule has 0 aliphatic heterocycles. The van der Waals surface area contributed by atoms with Gasteiger partial charge in [-0.25, -0.2) is 0 Å². The quantitative estimate of drug-likeness (QED) is 0.508. The van der Waals surface area contributed by atoms with Crippen LogP contribution >= 0.6 is 0 Å². The summed E-state index contributed by atoms with van der Waals surface area (Å²) in [7, 11) is 1.48. The van der Waals surface area contributed by atoms with Crippen molar-refractivity contribution in [2.75, 3.05) is 20.3 Å². The Hall–Kier alpha value is -0.160. The van der Waals surface area contributed by atoms with Crippen molar-refractivity contribution in [1.82, 2.24) is 0 Å². The van der Waals surface area contributed by atoms with Gasteiger partial charge in [-0.1, -0.05) is 0 Å². The molecule has 3 N–H and O–H groups in total. The van der Waals surface area contributed by atoms with Gasteiger partial charge in [-0.15, -0.1) is 0 Å². The summed E-state index contributed by atoms with van der Waals surface area (Å²) in [5, 5.41) is 8.95. The van der Waals surface area contributed by atoms with E-state index in [1.54, 1.807) is 6.92 Å². The molecule has 0 saturated carbocycles.